The lowest BCUT2D eigenvalue weighted by atomic mass is 10.1. The number of nitrogens with zero attached hydrogens (tertiary/aromatic N) is 1. The van der Waals surface area contributed by atoms with Gasteiger partial charge in [0.2, 0.25) is 0 Å². The van der Waals surface area contributed by atoms with E-state index in [1.807, 2.05) is 0 Å². The fraction of sp³-hybridized carbons (Fsp3) is 0.625. The van der Waals surface area contributed by atoms with Crippen LogP contribution in [0.4, 0.5) is 5.69 Å². The van der Waals surface area contributed by atoms with Gasteiger partial charge in [0, 0.05) is 40.0 Å². The van der Waals surface area contributed by atoms with E-state index in [4.69, 9.17) is 22.8 Å². The molecule has 0 spiro atoms. The minimum Gasteiger partial charge on any atom is -0.496 e. The van der Waals surface area contributed by atoms with E-state index in [0.29, 0.717) is 24.0 Å². The van der Waals surface area contributed by atoms with E-state index in [1.54, 1.807) is 34.3 Å². The molecule has 1 aromatic rings. The second kappa shape index (κ2) is 10.5. The van der Waals surface area contributed by atoms with Crippen LogP contribution in [0.5, 0.6) is 5.75 Å². The molecular formula is C16H27NO7Si. The Hall–Kier alpha value is -1.52. The van der Waals surface area contributed by atoms with Gasteiger partial charge in [0.1, 0.15) is 5.75 Å². The average molecular weight is 373 g/mol. The fourth-order valence-corrected chi connectivity index (χ4v) is 4.30. The summed E-state index contributed by atoms with van der Waals surface area (Å²) in [5.41, 5.74) is 1.27. The summed E-state index contributed by atoms with van der Waals surface area (Å²) in [5, 5.41) is 11.2. The summed E-state index contributed by atoms with van der Waals surface area (Å²) in [7, 11) is 3.74. The van der Waals surface area contributed by atoms with E-state index < -0.39 is 13.7 Å². The van der Waals surface area contributed by atoms with Crippen molar-refractivity contribution >= 4 is 14.5 Å². The summed E-state index contributed by atoms with van der Waals surface area (Å²) >= 11 is 0. The average Bonchev–Trinajstić information content (AvgIpc) is 2.62. The minimum absolute atomic E-state index is 0.0443. The molecule has 0 fully saturated rings. The first-order valence-electron chi connectivity index (χ1n) is 7.98. The molecule has 0 saturated carbocycles. The maximum atomic E-state index is 11.2. The molecule has 142 valence electrons. The summed E-state index contributed by atoms with van der Waals surface area (Å²) < 4.78 is 26.9. The zero-order valence-corrected chi connectivity index (χ0v) is 16.5. The van der Waals surface area contributed by atoms with Crippen molar-refractivity contribution in [1.29, 1.82) is 0 Å². The fourth-order valence-electron chi connectivity index (χ4n) is 2.50. The Morgan fingerprint density at radius 2 is 1.72 bits per heavy atom. The molecule has 0 unspecified atom stereocenters. The maximum Gasteiger partial charge on any atom is 0.500 e. The molecule has 0 aliphatic carbocycles. The van der Waals surface area contributed by atoms with E-state index in [-0.39, 0.29) is 12.3 Å². The number of methoxy groups -OCH3 is 1. The smallest absolute Gasteiger partial charge is 0.496 e. The number of hydrogen-bond donors (Lipinski definition) is 0. The predicted molar refractivity (Wildman–Crippen MR) is 94.9 cm³/mol. The van der Waals surface area contributed by atoms with E-state index >= 15 is 0 Å². The SMILES string of the molecule is COc1cc(COCCCC[Si](OC)(OC)OC)c([N+](=O)[O-])cc1C. The van der Waals surface area contributed by atoms with Gasteiger partial charge in [-0.2, -0.15) is 0 Å². The van der Waals surface area contributed by atoms with Gasteiger partial charge < -0.3 is 22.8 Å². The molecule has 0 bridgehead atoms. The highest BCUT2D eigenvalue weighted by molar-refractivity contribution is 6.60. The first kappa shape index (κ1) is 21.5. The van der Waals surface area contributed by atoms with Crippen molar-refractivity contribution in [3.63, 3.8) is 0 Å². The molecule has 0 aliphatic rings. The van der Waals surface area contributed by atoms with Gasteiger partial charge in [-0.05, 0) is 31.4 Å². The van der Waals surface area contributed by atoms with Gasteiger partial charge in [0.25, 0.3) is 5.69 Å². The maximum absolute atomic E-state index is 11.2. The second-order valence-corrected chi connectivity index (χ2v) is 8.60. The number of aryl methyl sites for hydroxylation is 1. The van der Waals surface area contributed by atoms with E-state index in [0.717, 1.165) is 18.4 Å². The standard InChI is InChI=1S/C16H27NO7Si/c1-13-10-15(17(18)19)14(11-16(13)20-2)12-24-8-6-7-9-25(21-3,22-4)23-5/h10-11H,6-9,12H2,1-5H3. The van der Waals surface area contributed by atoms with Crippen LogP contribution in [0.1, 0.15) is 24.0 Å². The van der Waals surface area contributed by atoms with Crippen LogP contribution in [-0.2, 0) is 24.6 Å². The van der Waals surface area contributed by atoms with Gasteiger partial charge in [-0.25, -0.2) is 0 Å². The Morgan fingerprint density at radius 1 is 1.08 bits per heavy atom. The van der Waals surface area contributed by atoms with Crippen LogP contribution >= 0.6 is 0 Å². The van der Waals surface area contributed by atoms with Crippen LogP contribution in [-0.4, -0.2) is 48.8 Å². The predicted octanol–water partition coefficient (Wildman–Crippen LogP) is 3.09. The molecule has 0 atom stereocenters. The van der Waals surface area contributed by atoms with Gasteiger partial charge in [0.05, 0.1) is 24.2 Å². The van der Waals surface area contributed by atoms with Crippen molar-refractivity contribution < 1.29 is 27.7 Å². The number of ether oxygens (including phenoxy) is 2. The third-order valence-electron chi connectivity index (χ3n) is 4.01. The van der Waals surface area contributed by atoms with E-state index in [9.17, 15) is 10.1 Å². The number of hydrogen-bond acceptors (Lipinski definition) is 7. The lowest BCUT2D eigenvalue weighted by Crippen LogP contribution is -2.42. The Bertz CT molecular complexity index is 555. The Balaban J connectivity index is 2.52. The Morgan fingerprint density at radius 3 is 2.24 bits per heavy atom. The molecule has 8 nitrogen and oxygen atoms in total. The first-order valence-corrected chi connectivity index (χ1v) is 9.91. The van der Waals surface area contributed by atoms with Crippen LogP contribution in [0.15, 0.2) is 12.1 Å². The Kier molecular flexibility index (Phi) is 9.01. The third kappa shape index (κ3) is 6.05. The molecular weight excluding hydrogens is 346 g/mol. The lowest BCUT2D eigenvalue weighted by Gasteiger charge is -2.24. The quantitative estimate of drug-likeness (QED) is 0.241. The molecule has 0 N–H and O–H groups in total. The number of unbranched alkanes of at least 4 members (excludes halogenated alkanes) is 1. The zero-order chi connectivity index (χ0) is 18.9. The molecule has 0 saturated heterocycles. The summed E-state index contributed by atoms with van der Waals surface area (Å²) in [5.74, 6) is 0.611. The summed E-state index contributed by atoms with van der Waals surface area (Å²) in [6.07, 6.45) is 1.60. The Labute approximate surface area is 149 Å². The topological polar surface area (TPSA) is 89.3 Å². The highest BCUT2D eigenvalue weighted by atomic mass is 28.4. The summed E-state index contributed by atoms with van der Waals surface area (Å²) in [6.45, 7) is 2.41. The number of nitro benzene ring substituents is 1. The summed E-state index contributed by atoms with van der Waals surface area (Å²) in [4.78, 5) is 10.8. The van der Waals surface area contributed by atoms with Crippen LogP contribution in [0.2, 0.25) is 6.04 Å². The normalized spacial score (nSPS) is 11.6. The first-order chi connectivity index (χ1) is 11.9. The van der Waals surface area contributed by atoms with Crippen molar-refractivity contribution in [2.24, 2.45) is 0 Å². The number of nitro groups is 1. The van der Waals surface area contributed by atoms with Crippen molar-refractivity contribution in [3.8, 4) is 5.75 Å². The van der Waals surface area contributed by atoms with Crippen LogP contribution < -0.4 is 4.74 Å². The molecule has 9 heteroatoms. The zero-order valence-electron chi connectivity index (χ0n) is 15.5. The van der Waals surface area contributed by atoms with Crippen molar-refractivity contribution in [2.75, 3.05) is 35.0 Å². The molecule has 25 heavy (non-hydrogen) atoms. The molecule has 1 aromatic carbocycles. The van der Waals surface area contributed by atoms with E-state index in [2.05, 4.69) is 0 Å². The van der Waals surface area contributed by atoms with Crippen LogP contribution in [0, 0.1) is 17.0 Å². The molecule has 0 aromatic heterocycles. The summed E-state index contributed by atoms with van der Waals surface area (Å²) in [6, 6.07) is 3.86. The van der Waals surface area contributed by atoms with E-state index in [1.165, 1.54) is 13.2 Å². The second-order valence-electron chi connectivity index (χ2n) is 5.51. The molecule has 0 amide bonds. The number of rotatable bonds is 12. The monoisotopic (exact) mass is 373 g/mol. The van der Waals surface area contributed by atoms with Crippen LogP contribution in [0.25, 0.3) is 0 Å². The molecule has 0 aliphatic heterocycles. The highest BCUT2D eigenvalue weighted by Crippen LogP contribution is 2.28. The molecule has 0 radical (unpaired) electrons. The van der Waals surface area contributed by atoms with Crippen molar-refractivity contribution in [3.05, 3.63) is 33.4 Å². The lowest BCUT2D eigenvalue weighted by molar-refractivity contribution is -0.386. The highest BCUT2D eigenvalue weighted by Gasteiger charge is 2.36. The molecule has 0 heterocycles. The van der Waals surface area contributed by atoms with Gasteiger partial charge in [-0.1, -0.05) is 0 Å². The van der Waals surface area contributed by atoms with Gasteiger partial charge >= 0.3 is 8.80 Å². The largest absolute Gasteiger partial charge is 0.500 e. The van der Waals surface area contributed by atoms with Crippen molar-refractivity contribution in [2.45, 2.75) is 32.4 Å². The van der Waals surface area contributed by atoms with Gasteiger partial charge in [-0.15, -0.1) is 0 Å². The van der Waals surface area contributed by atoms with Gasteiger partial charge in [-0.3, -0.25) is 10.1 Å². The minimum atomic E-state index is -2.55. The third-order valence-corrected chi connectivity index (χ3v) is 6.84. The van der Waals surface area contributed by atoms with Crippen LogP contribution in [0.3, 0.4) is 0 Å². The number of benzene rings is 1. The van der Waals surface area contributed by atoms with Gasteiger partial charge in [0.15, 0.2) is 0 Å². The van der Waals surface area contributed by atoms with Crippen molar-refractivity contribution in [1.82, 2.24) is 0 Å². The molecule has 1 rings (SSSR count).